The summed E-state index contributed by atoms with van der Waals surface area (Å²) in [4.78, 5) is 0. The minimum atomic E-state index is -0.274. The zero-order valence-corrected chi connectivity index (χ0v) is 12.1. The third-order valence-electron chi connectivity index (χ3n) is 2.90. The van der Waals surface area contributed by atoms with Crippen molar-refractivity contribution in [2.24, 2.45) is 12.8 Å². The summed E-state index contributed by atoms with van der Waals surface area (Å²) in [5.41, 5.74) is 9.15. The van der Waals surface area contributed by atoms with Crippen LogP contribution in [-0.4, -0.2) is 22.1 Å². The minimum Gasteiger partial charge on any atom is -0.496 e. The highest BCUT2D eigenvalue weighted by Gasteiger charge is 2.18. The molecule has 0 spiro atoms. The van der Waals surface area contributed by atoms with E-state index < -0.39 is 0 Å². The Bertz CT molecular complexity index is 548. The van der Waals surface area contributed by atoms with Crippen molar-refractivity contribution in [3.8, 4) is 5.75 Å². The first-order chi connectivity index (χ1) is 8.54. The predicted octanol–water partition coefficient (Wildman–Crippen LogP) is 1.94. The molecule has 0 saturated carbocycles. The van der Waals surface area contributed by atoms with Gasteiger partial charge in [-0.2, -0.15) is 0 Å². The molecular weight excluding hydrogens is 296 g/mol. The summed E-state index contributed by atoms with van der Waals surface area (Å²) in [5, 5.41) is 7.88. The normalized spacial score (nSPS) is 12.5. The van der Waals surface area contributed by atoms with Crippen molar-refractivity contribution in [2.45, 2.75) is 13.0 Å². The molecule has 18 heavy (non-hydrogen) atoms. The number of aromatic nitrogens is 3. The van der Waals surface area contributed by atoms with Crippen LogP contribution in [0.15, 0.2) is 22.8 Å². The Morgan fingerprint density at radius 1 is 1.44 bits per heavy atom. The topological polar surface area (TPSA) is 66.0 Å². The largest absolute Gasteiger partial charge is 0.496 e. The maximum absolute atomic E-state index is 6.25. The number of methoxy groups -OCH3 is 1. The summed E-state index contributed by atoms with van der Waals surface area (Å²) in [7, 11) is 3.48. The fourth-order valence-corrected chi connectivity index (χ4v) is 2.50. The first-order valence-electron chi connectivity index (χ1n) is 5.49. The average molecular weight is 311 g/mol. The Morgan fingerprint density at radius 3 is 2.67 bits per heavy atom. The zero-order valence-electron chi connectivity index (χ0n) is 10.5. The van der Waals surface area contributed by atoms with Crippen LogP contribution in [0.2, 0.25) is 0 Å². The molecule has 0 aliphatic rings. The summed E-state index contributed by atoms with van der Waals surface area (Å²) >= 11 is 3.36. The summed E-state index contributed by atoms with van der Waals surface area (Å²) < 4.78 is 7.59. The number of ether oxygens (including phenoxy) is 1. The van der Waals surface area contributed by atoms with Gasteiger partial charge in [-0.15, -0.1) is 5.10 Å². The van der Waals surface area contributed by atoms with Crippen molar-refractivity contribution < 1.29 is 4.74 Å². The van der Waals surface area contributed by atoms with Crippen LogP contribution >= 0.6 is 15.9 Å². The molecule has 1 unspecified atom stereocenters. The van der Waals surface area contributed by atoms with E-state index in [0.717, 1.165) is 22.6 Å². The molecule has 1 heterocycles. The number of halogens is 1. The Hall–Kier alpha value is -1.40. The summed E-state index contributed by atoms with van der Waals surface area (Å²) in [5.74, 6) is 0.855. The van der Waals surface area contributed by atoms with E-state index >= 15 is 0 Å². The maximum atomic E-state index is 6.25. The SMILES string of the molecule is COc1ccc(C(N)c2c(Br)nnn2C)cc1C. The van der Waals surface area contributed by atoms with Gasteiger partial charge in [-0.1, -0.05) is 17.3 Å². The van der Waals surface area contributed by atoms with Crippen molar-refractivity contribution in [1.29, 1.82) is 0 Å². The lowest BCUT2D eigenvalue weighted by Crippen LogP contribution is -2.16. The van der Waals surface area contributed by atoms with Gasteiger partial charge in [0.25, 0.3) is 0 Å². The molecule has 1 aromatic heterocycles. The van der Waals surface area contributed by atoms with E-state index in [2.05, 4.69) is 26.2 Å². The van der Waals surface area contributed by atoms with E-state index in [1.807, 2.05) is 32.2 Å². The molecule has 0 bridgehead atoms. The second-order valence-corrected chi connectivity index (χ2v) is 4.85. The van der Waals surface area contributed by atoms with Gasteiger partial charge in [-0.3, -0.25) is 0 Å². The van der Waals surface area contributed by atoms with Gasteiger partial charge in [0.05, 0.1) is 18.8 Å². The van der Waals surface area contributed by atoms with Gasteiger partial charge in [0.2, 0.25) is 0 Å². The first kappa shape index (κ1) is 13.0. The molecule has 0 aliphatic heterocycles. The van der Waals surface area contributed by atoms with Gasteiger partial charge >= 0.3 is 0 Å². The second kappa shape index (κ2) is 5.07. The van der Waals surface area contributed by atoms with Crippen molar-refractivity contribution in [2.75, 3.05) is 7.11 Å². The maximum Gasteiger partial charge on any atom is 0.153 e. The molecule has 6 heteroatoms. The number of nitrogens with two attached hydrogens (primary N) is 1. The van der Waals surface area contributed by atoms with E-state index in [-0.39, 0.29) is 6.04 Å². The Labute approximate surface area is 114 Å². The molecule has 0 amide bonds. The van der Waals surface area contributed by atoms with Gasteiger partial charge in [-0.05, 0) is 40.0 Å². The third kappa shape index (κ3) is 2.26. The highest BCUT2D eigenvalue weighted by Crippen LogP contribution is 2.27. The Kier molecular flexibility index (Phi) is 3.68. The molecule has 96 valence electrons. The van der Waals surface area contributed by atoms with E-state index in [9.17, 15) is 0 Å². The number of rotatable bonds is 3. The fraction of sp³-hybridized carbons (Fsp3) is 0.333. The monoisotopic (exact) mass is 310 g/mol. The van der Waals surface area contributed by atoms with E-state index in [1.54, 1.807) is 11.8 Å². The van der Waals surface area contributed by atoms with Crippen LogP contribution in [0.25, 0.3) is 0 Å². The smallest absolute Gasteiger partial charge is 0.153 e. The van der Waals surface area contributed by atoms with E-state index in [1.165, 1.54) is 0 Å². The van der Waals surface area contributed by atoms with Gasteiger partial charge < -0.3 is 10.5 Å². The molecule has 2 N–H and O–H groups in total. The van der Waals surface area contributed by atoms with Gasteiger partial charge in [0, 0.05) is 7.05 Å². The third-order valence-corrected chi connectivity index (χ3v) is 3.46. The van der Waals surface area contributed by atoms with E-state index in [0.29, 0.717) is 4.60 Å². The second-order valence-electron chi connectivity index (χ2n) is 4.10. The summed E-state index contributed by atoms with van der Waals surface area (Å²) in [6.07, 6.45) is 0. The van der Waals surface area contributed by atoms with Crippen LogP contribution in [-0.2, 0) is 7.05 Å². The van der Waals surface area contributed by atoms with Crippen LogP contribution in [0.3, 0.4) is 0 Å². The summed E-state index contributed by atoms with van der Waals surface area (Å²) in [6, 6.07) is 5.62. The van der Waals surface area contributed by atoms with Gasteiger partial charge in [0.15, 0.2) is 4.60 Å². The summed E-state index contributed by atoms with van der Waals surface area (Å²) in [6.45, 7) is 1.99. The number of aryl methyl sites for hydroxylation is 2. The van der Waals surface area contributed by atoms with Crippen molar-refractivity contribution >= 4 is 15.9 Å². The molecule has 2 aromatic rings. The zero-order chi connectivity index (χ0) is 13.3. The van der Waals surface area contributed by atoms with Crippen LogP contribution in [0.5, 0.6) is 5.75 Å². The Balaban J connectivity index is 2.40. The highest BCUT2D eigenvalue weighted by molar-refractivity contribution is 9.10. The number of hydrogen-bond acceptors (Lipinski definition) is 4. The molecule has 0 fully saturated rings. The van der Waals surface area contributed by atoms with Crippen molar-refractivity contribution in [3.63, 3.8) is 0 Å². The molecule has 5 nitrogen and oxygen atoms in total. The molecule has 0 radical (unpaired) electrons. The molecule has 1 atom stereocenters. The van der Waals surface area contributed by atoms with Crippen LogP contribution in [0.4, 0.5) is 0 Å². The van der Waals surface area contributed by atoms with Crippen LogP contribution in [0, 0.1) is 6.92 Å². The quantitative estimate of drug-likeness (QED) is 0.941. The molecule has 2 rings (SSSR count). The lowest BCUT2D eigenvalue weighted by molar-refractivity contribution is 0.411. The first-order valence-corrected chi connectivity index (χ1v) is 6.29. The predicted molar refractivity (Wildman–Crippen MR) is 72.5 cm³/mol. The highest BCUT2D eigenvalue weighted by atomic mass is 79.9. The fourth-order valence-electron chi connectivity index (χ4n) is 1.92. The lowest BCUT2D eigenvalue weighted by atomic mass is 10.0. The Morgan fingerprint density at radius 2 is 2.17 bits per heavy atom. The molecule has 0 aliphatic carbocycles. The van der Waals surface area contributed by atoms with Crippen LogP contribution < -0.4 is 10.5 Å². The standard InChI is InChI=1S/C12H15BrN4O/c1-7-6-8(4-5-9(7)18-3)10(14)11-12(13)15-16-17(11)2/h4-6,10H,14H2,1-3H3. The molecular formula is C12H15BrN4O. The molecule has 1 aromatic carbocycles. The number of hydrogen-bond donors (Lipinski definition) is 1. The van der Waals surface area contributed by atoms with Crippen LogP contribution in [0.1, 0.15) is 22.9 Å². The van der Waals surface area contributed by atoms with Gasteiger partial charge in [0.1, 0.15) is 5.75 Å². The average Bonchev–Trinajstić information content (AvgIpc) is 2.68. The lowest BCUT2D eigenvalue weighted by Gasteiger charge is -2.14. The van der Waals surface area contributed by atoms with Gasteiger partial charge in [-0.25, -0.2) is 4.68 Å². The number of nitrogens with zero attached hydrogens (tertiary/aromatic N) is 3. The molecule has 0 saturated heterocycles. The van der Waals surface area contributed by atoms with Crippen molar-refractivity contribution in [1.82, 2.24) is 15.0 Å². The van der Waals surface area contributed by atoms with Crippen molar-refractivity contribution in [3.05, 3.63) is 39.6 Å². The minimum absolute atomic E-state index is 0.274. The van der Waals surface area contributed by atoms with E-state index in [4.69, 9.17) is 10.5 Å². The number of benzene rings is 1.